The van der Waals surface area contributed by atoms with Crippen LogP contribution in [-0.2, 0) is 0 Å². The fraction of sp³-hybridized carbons (Fsp3) is 0.688. The molecule has 0 aliphatic heterocycles. The normalized spacial score (nSPS) is 10.4. The average Bonchev–Trinajstić information content (AvgIpc) is 2.29. The first kappa shape index (κ1) is 18.5. The standard InChI is InChI=1S/C8H12N2.2C4H9.Al.H/c1-7(2)10-8-5-3-4-6-9-8;2*1-4(2)3;;/h3-7H,1-2H3,(H,9,10);2*4H,1H2,2-3H3;;. The Balaban J connectivity index is 0.000000344. The number of hydrogen-bond donors (Lipinski definition) is 1. The molecule has 0 bridgehead atoms. The number of pyridine rings is 1. The number of aromatic nitrogens is 1. The Morgan fingerprint density at radius 1 is 1.00 bits per heavy atom. The van der Waals surface area contributed by atoms with Crippen molar-refractivity contribution in [2.24, 2.45) is 11.8 Å². The van der Waals surface area contributed by atoms with Gasteiger partial charge in [-0.2, -0.15) is 0 Å². The van der Waals surface area contributed by atoms with Crippen LogP contribution in [0.25, 0.3) is 0 Å². The zero-order chi connectivity index (χ0) is 14.7. The summed E-state index contributed by atoms with van der Waals surface area (Å²) in [6.45, 7) is 13.5. The van der Waals surface area contributed by atoms with Crippen LogP contribution in [0.5, 0.6) is 0 Å². The van der Waals surface area contributed by atoms with Gasteiger partial charge in [-0.05, 0) is 26.0 Å². The summed E-state index contributed by atoms with van der Waals surface area (Å²) in [4.78, 5) is 4.11. The lowest BCUT2D eigenvalue weighted by molar-refractivity contribution is 0.700. The second-order valence-electron chi connectivity index (χ2n) is 6.23. The maximum Gasteiger partial charge on any atom is 0.237 e. The van der Waals surface area contributed by atoms with Crippen molar-refractivity contribution in [1.29, 1.82) is 0 Å². The molecule has 0 fully saturated rings. The van der Waals surface area contributed by atoms with Gasteiger partial charge in [-0.25, -0.2) is 4.98 Å². The van der Waals surface area contributed by atoms with Gasteiger partial charge in [0.15, 0.2) is 0 Å². The fourth-order valence-electron chi connectivity index (χ4n) is 1.68. The van der Waals surface area contributed by atoms with Gasteiger partial charge in [-0.1, -0.05) is 56.2 Å². The van der Waals surface area contributed by atoms with Crippen molar-refractivity contribution < 1.29 is 0 Å². The molecule has 1 rings (SSSR count). The molecule has 0 aliphatic carbocycles. The summed E-state index contributed by atoms with van der Waals surface area (Å²) in [5, 5.41) is 6.27. The molecule has 1 aromatic heterocycles. The Bertz CT molecular complexity index is 289. The topological polar surface area (TPSA) is 24.9 Å². The van der Waals surface area contributed by atoms with E-state index in [2.05, 4.69) is 51.8 Å². The lowest BCUT2D eigenvalue weighted by Crippen LogP contribution is -2.10. The molecule has 1 N–H and O–H groups in total. The zero-order valence-corrected chi connectivity index (χ0v) is 15.0. The first-order valence-electron chi connectivity index (χ1n) is 7.59. The molecule has 0 spiro atoms. The summed E-state index contributed by atoms with van der Waals surface area (Å²) in [6.07, 6.45) is 1.78. The first-order chi connectivity index (χ1) is 8.91. The van der Waals surface area contributed by atoms with E-state index in [9.17, 15) is 0 Å². The van der Waals surface area contributed by atoms with E-state index in [-0.39, 0.29) is 0 Å². The van der Waals surface area contributed by atoms with Crippen LogP contribution < -0.4 is 5.32 Å². The molecule has 1 heterocycles. The third-order valence-corrected chi connectivity index (χ3v) is 5.79. The van der Waals surface area contributed by atoms with Gasteiger partial charge < -0.3 is 5.32 Å². The van der Waals surface area contributed by atoms with Crippen LogP contribution in [0, 0.1) is 11.8 Å². The number of nitrogens with one attached hydrogen (secondary N) is 1. The smallest absolute Gasteiger partial charge is 0.237 e. The molecule has 0 aliphatic rings. The highest BCUT2D eigenvalue weighted by atomic mass is 27.1. The monoisotopic (exact) mass is 278 g/mol. The second kappa shape index (κ2) is 11.3. The van der Waals surface area contributed by atoms with Gasteiger partial charge in [0.25, 0.3) is 0 Å². The van der Waals surface area contributed by atoms with Crippen LogP contribution in [0.4, 0.5) is 5.82 Å². The van der Waals surface area contributed by atoms with Gasteiger partial charge in [0, 0.05) is 12.2 Å². The average molecular weight is 278 g/mol. The Morgan fingerprint density at radius 2 is 1.58 bits per heavy atom. The number of hydrogen-bond acceptors (Lipinski definition) is 2. The third-order valence-electron chi connectivity index (χ3n) is 2.66. The molecule has 0 atom stereocenters. The summed E-state index contributed by atoms with van der Waals surface area (Å²) in [7, 11) is 0. The van der Waals surface area contributed by atoms with Crippen LogP contribution in [-0.4, -0.2) is 26.2 Å². The van der Waals surface area contributed by atoms with Gasteiger partial charge >= 0.3 is 0 Å². The summed E-state index contributed by atoms with van der Waals surface area (Å²) < 4.78 is 0. The molecule has 0 aromatic carbocycles. The number of anilines is 1. The maximum atomic E-state index is 4.11. The van der Waals surface area contributed by atoms with Crippen molar-refractivity contribution in [3.05, 3.63) is 24.4 Å². The van der Waals surface area contributed by atoms with Crippen LogP contribution in [0.2, 0.25) is 10.6 Å². The van der Waals surface area contributed by atoms with Gasteiger partial charge in [0.05, 0.1) is 0 Å². The minimum absolute atomic E-state index is 0.316. The Kier molecular flexibility index (Phi) is 11.0. The molecule has 0 unspecified atom stereocenters. The quantitative estimate of drug-likeness (QED) is 0.776. The molecule has 19 heavy (non-hydrogen) atoms. The number of rotatable bonds is 6. The summed E-state index contributed by atoms with van der Waals surface area (Å²) >= 11 is 0.316. The summed E-state index contributed by atoms with van der Waals surface area (Å²) in [6, 6.07) is 6.29. The first-order valence-corrected chi connectivity index (χ1v) is 9.59. The largest absolute Gasteiger partial charge is 0.368 e. The second-order valence-corrected chi connectivity index (χ2v) is 8.09. The molecule has 0 radical (unpaired) electrons. The zero-order valence-electron chi connectivity index (χ0n) is 13.6. The lowest BCUT2D eigenvalue weighted by Gasteiger charge is -2.06. The Morgan fingerprint density at radius 3 is 1.95 bits per heavy atom. The molecule has 0 saturated carbocycles. The Hall–Kier alpha value is -0.518. The van der Waals surface area contributed by atoms with Crippen LogP contribution in [0.1, 0.15) is 41.5 Å². The third kappa shape index (κ3) is 13.7. The van der Waals surface area contributed by atoms with Gasteiger partial charge in [0.2, 0.25) is 15.2 Å². The van der Waals surface area contributed by atoms with Crippen molar-refractivity contribution in [2.45, 2.75) is 58.1 Å². The SMILES string of the molecule is CC(C)Nc1ccccn1.CC(C)[CH2][AlH][CH2]C(C)C. The molecule has 0 saturated heterocycles. The van der Waals surface area contributed by atoms with Crippen LogP contribution in [0.15, 0.2) is 24.4 Å². The van der Waals surface area contributed by atoms with E-state index in [1.807, 2.05) is 18.2 Å². The van der Waals surface area contributed by atoms with E-state index in [0.717, 1.165) is 17.7 Å². The molecule has 2 nitrogen and oxygen atoms in total. The van der Waals surface area contributed by atoms with E-state index in [1.165, 1.54) is 10.6 Å². The maximum absolute atomic E-state index is 4.11. The fourth-order valence-corrected chi connectivity index (χ4v) is 3.55. The molecule has 1 aromatic rings. The highest BCUT2D eigenvalue weighted by Gasteiger charge is 1.99. The van der Waals surface area contributed by atoms with Gasteiger partial charge in [-0.3, -0.25) is 0 Å². The molecular weight excluding hydrogens is 247 g/mol. The lowest BCUT2D eigenvalue weighted by atomic mass is 10.3. The molecular formula is C16H31AlN2. The summed E-state index contributed by atoms with van der Waals surface area (Å²) in [5.74, 6) is 2.85. The highest BCUT2D eigenvalue weighted by Crippen LogP contribution is 2.05. The molecule has 108 valence electrons. The number of nitrogens with zero attached hydrogens (tertiary/aromatic N) is 1. The van der Waals surface area contributed by atoms with E-state index < -0.39 is 0 Å². The van der Waals surface area contributed by atoms with Crippen molar-refractivity contribution in [3.8, 4) is 0 Å². The van der Waals surface area contributed by atoms with Crippen LogP contribution >= 0.6 is 0 Å². The van der Waals surface area contributed by atoms with E-state index >= 15 is 0 Å². The predicted molar refractivity (Wildman–Crippen MR) is 89.4 cm³/mol. The van der Waals surface area contributed by atoms with Crippen molar-refractivity contribution in [3.63, 3.8) is 0 Å². The summed E-state index contributed by atoms with van der Waals surface area (Å²) in [5.41, 5.74) is 0. The van der Waals surface area contributed by atoms with Crippen molar-refractivity contribution >= 4 is 21.0 Å². The Labute approximate surface area is 126 Å². The molecule has 3 heteroatoms. The van der Waals surface area contributed by atoms with Crippen LogP contribution in [0.3, 0.4) is 0 Å². The predicted octanol–water partition coefficient (Wildman–Crippen LogP) is 4.47. The van der Waals surface area contributed by atoms with E-state index in [1.54, 1.807) is 6.20 Å². The minimum atomic E-state index is 0.316. The van der Waals surface area contributed by atoms with E-state index in [4.69, 9.17) is 0 Å². The van der Waals surface area contributed by atoms with E-state index in [0.29, 0.717) is 21.3 Å². The van der Waals surface area contributed by atoms with Gasteiger partial charge in [-0.15, -0.1) is 0 Å². The van der Waals surface area contributed by atoms with Crippen molar-refractivity contribution in [2.75, 3.05) is 5.32 Å². The van der Waals surface area contributed by atoms with Crippen molar-refractivity contribution in [1.82, 2.24) is 4.98 Å². The highest BCUT2D eigenvalue weighted by molar-refractivity contribution is 6.35. The minimum Gasteiger partial charge on any atom is -0.368 e. The van der Waals surface area contributed by atoms with Gasteiger partial charge in [0.1, 0.15) is 5.82 Å². The molecule has 0 amide bonds.